The molecule has 0 aliphatic rings. The number of anilines is 1. The summed E-state index contributed by atoms with van der Waals surface area (Å²) in [5, 5.41) is 27.9. The predicted molar refractivity (Wildman–Crippen MR) is 56.2 cm³/mol. The summed E-state index contributed by atoms with van der Waals surface area (Å²) in [5.41, 5.74) is 0.309. The van der Waals surface area contributed by atoms with Gasteiger partial charge in [0, 0.05) is 12.6 Å². The summed E-state index contributed by atoms with van der Waals surface area (Å²) < 4.78 is 0. The van der Waals surface area contributed by atoms with Gasteiger partial charge >= 0.3 is 0 Å². The number of rotatable bonds is 5. The second-order valence-electron chi connectivity index (χ2n) is 3.33. The van der Waals surface area contributed by atoms with Crippen molar-refractivity contribution in [2.24, 2.45) is 0 Å². The molecular weight excluding hydrogens is 192 g/mol. The SMILES string of the molecule is CC(CCCO)Nc1ccc(C#N)nn1. The average molecular weight is 206 g/mol. The molecule has 0 fully saturated rings. The maximum atomic E-state index is 8.66. The molecule has 1 aromatic heterocycles. The van der Waals surface area contributed by atoms with E-state index >= 15 is 0 Å². The van der Waals surface area contributed by atoms with Gasteiger partial charge in [-0.2, -0.15) is 5.26 Å². The van der Waals surface area contributed by atoms with Crippen molar-refractivity contribution < 1.29 is 5.11 Å². The molecule has 0 saturated carbocycles. The normalized spacial score (nSPS) is 11.8. The van der Waals surface area contributed by atoms with E-state index in [4.69, 9.17) is 10.4 Å². The Morgan fingerprint density at radius 1 is 1.53 bits per heavy atom. The first-order chi connectivity index (χ1) is 7.26. The molecule has 0 bridgehead atoms. The Balaban J connectivity index is 2.47. The first kappa shape index (κ1) is 11.4. The van der Waals surface area contributed by atoms with Gasteiger partial charge in [0.05, 0.1) is 0 Å². The van der Waals surface area contributed by atoms with Gasteiger partial charge in [0.15, 0.2) is 5.69 Å². The standard InChI is InChI=1S/C10H14N4O/c1-8(3-2-6-15)12-10-5-4-9(7-11)13-14-10/h4-5,8,15H,2-3,6H2,1H3,(H,12,14). The lowest BCUT2D eigenvalue weighted by atomic mass is 10.2. The van der Waals surface area contributed by atoms with Crippen LogP contribution in [0.25, 0.3) is 0 Å². The molecule has 1 unspecified atom stereocenters. The number of nitriles is 1. The summed E-state index contributed by atoms with van der Waals surface area (Å²) in [6, 6.07) is 5.49. The Labute approximate surface area is 88.8 Å². The second kappa shape index (κ2) is 5.94. The van der Waals surface area contributed by atoms with Gasteiger partial charge in [0.25, 0.3) is 0 Å². The first-order valence-electron chi connectivity index (χ1n) is 4.87. The average Bonchev–Trinajstić information content (AvgIpc) is 2.27. The third kappa shape index (κ3) is 3.92. The zero-order valence-corrected chi connectivity index (χ0v) is 8.64. The first-order valence-corrected chi connectivity index (χ1v) is 4.87. The summed E-state index contributed by atoms with van der Waals surface area (Å²) >= 11 is 0. The summed E-state index contributed by atoms with van der Waals surface area (Å²) in [4.78, 5) is 0. The number of aliphatic hydroxyl groups is 1. The quantitative estimate of drug-likeness (QED) is 0.748. The number of aromatic nitrogens is 2. The van der Waals surface area contributed by atoms with Gasteiger partial charge in [-0.05, 0) is 31.9 Å². The van der Waals surface area contributed by atoms with E-state index in [0.29, 0.717) is 11.5 Å². The predicted octanol–water partition coefficient (Wildman–Crippen LogP) is 0.921. The Bertz CT molecular complexity index is 330. The molecule has 15 heavy (non-hydrogen) atoms. The van der Waals surface area contributed by atoms with E-state index in [-0.39, 0.29) is 12.6 Å². The Morgan fingerprint density at radius 2 is 2.33 bits per heavy atom. The highest BCUT2D eigenvalue weighted by atomic mass is 16.2. The van der Waals surface area contributed by atoms with E-state index in [1.54, 1.807) is 12.1 Å². The largest absolute Gasteiger partial charge is 0.396 e. The molecule has 80 valence electrons. The van der Waals surface area contributed by atoms with Gasteiger partial charge in [-0.1, -0.05) is 0 Å². The van der Waals surface area contributed by atoms with Gasteiger partial charge in [0.2, 0.25) is 0 Å². The van der Waals surface area contributed by atoms with Crippen LogP contribution in [0.5, 0.6) is 0 Å². The topological polar surface area (TPSA) is 81.8 Å². The van der Waals surface area contributed by atoms with Crippen molar-refractivity contribution in [3.8, 4) is 6.07 Å². The fraction of sp³-hybridized carbons (Fsp3) is 0.500. The minimum atomic E-state index is 0.199. The van der Waals surface area contributed by atoms with Gasteiger partial charge < -0.3 is 10.4 Å². The molecule has 1 aromatic rings. The minimum absolute atomic E-state index is 0.199. The van der Waals surface area contributed by atoms with Crippen LogP contribution < -0.4 is 5.32 Å². The lowest BCUT2D eigenvalue weighted by molar-refractivity contribution is 0.282. The zero-order valence-electron chi connectivity index (χ0n) is 8.64. The molecule has 2 N–H and O–H groups in total. The molecule has 5 heteroatoms. The molecule has 1 rings (SSSR count). The summed E-state index contributed by atoms with van der Waals surface area (Å²) in [7, 11) is 0. The fourth-order valence-electron chi connectivity index (χ4n) is 1.19. The molecule has 1 atom stereocenters. The summed E-state index contributed by atoms with van der Waals surface area (Å²) in [5.74, 6) is 0.652. The summed E-state index contributed by atoms with van der Waals surface area (Å²) in [6.45, 7) is 2.21. The van der Waals surface area contributed by atoms with Crippen LogP contribution in [0, 0.1) is 11.3 Å². The monoisotopic (exact) mass is 206 g/mol. The molecule has 1 heterocycles. The van der Waals surface area contributed by atoms with Crippen molar-refractivity contribution in [2.75, 3.05) is 11.9 Å². The van der Waals surface area contributed by atoms with Gasteiger partial charge in [0.1, 0.15) is 11.9 Å². The highest BCUT2D eigenvalue weighted by Gasteiger charge is 2.02. The van der Waals surface area contributed by atoms with Crippen molar-refractivity contribution in [3.63, 3.8) is 0 Å². The molecular formula is C10H14N4O. The molecule has 0 saturated heterocycles. The van der Waals surface area contributed by atoms with Crippen LogP contribution in [-0.4, -0.2) is 28.0 Å². The van der Waals surface area contributed by atoms with Crippen LogP contribution in [-0.2, 0) is 0 Å². The van der Waals surface area contributed by atoms with E-state index in [1.807, 2.05) is 13.0 Å². The second-order valence-corrected chi connectivity index (χ2v) is 3.33. The van der Waals surface area contributed by atoms with Crippen molar-refractivity contribution >= 4 is 5.82 Å². The van der Waals surface area contributed by atoms with Crippen molar-refractivity contribution in [1.29, 1.82) is 5.26 Å². The third-order valence-electron chi connectivity index (χ3n) is 1.97. The Kier molecular flexibility index (Phi) is 4.51. The van der Waals surface area contributed by atoms with Crippen LogP contribution in [0.3, 0.4) is 0 Å². The lowest BCUT2D eigenvalue weighted by Gasteiger charge is -2.12. The maximum absolute atomic E-state index is 8.66. The Hall–Kier alpha value is -1.67. The number of nitrogens with zero attached hydrogens (tertiary/aromatic N) is 3. The van der Waals surface area contributed by atoms with Crippen LogP contribution in [0.1, 0.15) is 25.5 Å². The lowest BCUT2D eigenvalue weighted by Crippen LogP contribution is -2.16. The van der Waals surface area contributed by atoms with Crippen molar-refractivity contribution in [1.82, 2.24) is 10.2 Å². The van der Waals surface area contributed by atoms with Crippen LogP contribution >= 0.6 is 0 Å². The molecule has 0 aromatic carbocycles. The summed E-state index contributed by atoms with van der Waals surface area (Å²) in [6.07, 6.45) is 1.63. The van der Waals surface area contributed by atoms with E-state index < -0.39 is 0 Å². The molecule has 0 amide bonds. The molecule has 0 aliphatic carbocycles. The van der Waals surface area contributed by atoms with Gasteiger partial charge in [-0.15, -0.1) is 10.2 Å². The van der Waals surface area contributed by atoms with E-state index in [0.717, 1.165) is 12.8 Å². The van der Waals surface area contributed by atoms with Gasteiger partial charge in [-0.3, -0.25) is 0 Å². The number of nitrogens with one attached hydrogen (secondary N) is 1. The number of aliphatic hydroxyl groups excluding tert-OH is 1. The minimum Gasteiger partial charge on any atom is -0.396 e. The smallest absolute Gasteiger partial charge is 0.163 e. The number of hydrogen-bond acceptors (Lipinski definition) is 5. The van der Waals surface area contributed by atoms with Gasteiger partial charge in [-0.25, -0.2) is 0 Å². The highest BCUT2D eigenvalue weighted by molar-refractivity contribution is 5.35. The van der Waals surface area contributed by atoms with Crippen LogP contribution in [0.15, 0.2) is 12.1 Å². The highest BCUT2D eigenvalue weighted by Crippen LogP contribution is 2.06. The maximum Gasteiger partial charge on any atom is 0.163 e. The van der Waals surface area contributed by atoms with E-state index in [1.165, 1.54) is 0 Å². The van der Waals surface area contributed by atoms with E-state index in [2.05, 4.69) is 15.5 Å². The third-order valence-corrected chi connectivity index (χ3v) is 1.97. The fourth-order valence-corrected chi connectivity index (χ4v) is 1.19. The number of hydrogen-bond donors (Lipinski definition) is 2. The van der Waals surface area contributed by atoms with Crippen molar-refractivity contribution in [3.05, 3.63) is 17.8 Å². The van der Waals surface area contributed by atoms with Crippen molar-refractivity contribution in [2.45, 2.75) is 25.8 Å². The molecule has 0 spiro atoms. The van der Waals surface area contributed by atoms with E-state index in [9.17, 15) is 0 Å². The Morgan fingerprint density at radius 3 is 2.87 bits per heavy atom. The molecule has 0 aliphatic heterocycles. The van der Waals surface area contributed by atoms with Crippen LogP contribution in [0.2, 0.25) is 0 Å². The zero-order chi connectivity index (χ0) is 11.1. The molecule has 0 radical (unpaired) electrons. The molecule has 5 nitrogen and oxygen atoms in total. The van der Waals surface area contributed by atoms with Crippen LogP contribution in [0.4, 0.5) is 5.82 Å².